The first-order valence-corrected chi connectivity index (χ1v) is 10.4. The Kier molecular flexibility index (Phi) is 8.15. The topological polar surface area (TPSA) is 137 Å². The van der Waals surface area contributed by atoms with Gasteiger partial charge in [-0.05, 0) is 30.3 Å². The van der Waals surface area contributed by atoms with E-state index >= 15 is 0 Å². The summed E-state index contributed by atoms with van der Waals surface area (Å²) < 4.78 is 25.5. The van der Waals surface area contributed by atoms with Crippen molar-refractivity contribution in [3.63, 3.8) is 0 Å². The van der Waals surface area contributed by atoms with Crippen LogP contribution in [0.1, 0.15) is 0 Å². The predicted molar refractivity (Wildman–Crippen MR) is 119 cm³/mol. The van der Waals surface area contributed by atoms with Crippen LogP contribution >= 0.6 is 15.9 Å². The number of hydrogen-bond donors (Lipinski definition) is 5. The Balaban J connectivity index is 1.92. The van der Waals surface area contributed by atoms with E-state index in [-0.39, 0.29) is 11.5 Å². The van der Waals surface area contributed by atoms with Crippen molar-refractivity contribution >= 4 is 38.3 Å². The van der Waals surface area contributed by atoms with Gasteiger partial charge in [-0.2, -0.15) is 0 Å². The van der Waals surface area contributed by atoms with Crippen LogP contribution in [0.2, 0.25) is 0 Å². The third-order valence-electron chi connectivity index (χ3n) is 4.76. The lowest BCUT2D eigenvalue weighted by Crippen LogP contribution is -2.48. The van der Waals surface area contributed by atoms with E-state index < -0.39 is 37.7 Å². The molecule has 0 amide bonds. The molecule has 3 aromatic rings. The maximum atomic E-state index is 13.6. The highest BCUT2D eigenvalue weighted by Crippen LogP contribution is 2.35. The zero-order chi connectivity index (χ0) is 23.3. The van der Waals surface area contributed by atoms with Crippen LogP contribution in [0.15, 0.2) is 47.2 Å². The average molecular weight is 512 g/mol. The van der Waals surface area contributed by atoms with Gasteiger partial charge in [0.25, 0.3) is 0 Å². The van der Waals surface area contributed by atoms with E-state index in [1.54, 1.807) is 6.07 Å². The minimum Gasteiger partial charge on any atom is -0.493 e. The number of aromatic nitrogens is 2. The molecule has 11 heteroatoms. The molecule has 4 atom stereocenters. The Morgan fingerprint density at radius 2 is 1.75 bits per heavy atom. The van der Waals surface area contributed by atoms with Crippen molar-refractivity contribution in [2.75, 3.05) is 25.6 Å². The quantitative estimate of drug-likeness (QED) is 0.276. The van der Waals surface area contributed by atoms with Crippen LogP contribution in [0.4, 0.5) is 15.9 Å². The number of aliphatic hydroxyl groups excluding tert-OH is 4. The number of rotatable bonds is 10. The fourth-order valence-electron chi connectivity index (χ4n) is 3.01. The van der Waals surface area contributed by atoms with E-state index in [0.29, 0.717) is 16.7 Å². The standard InChI is InChI=1S/C21H23BrFN3O6/c1-31-16-6-13-15(24-10-25-21(13)26-12-4-2-11(22)3-5-12)7-17(16)32-18(9-28)20(30)19(29)14(23)8-27/h2-7,10,14,18-20,27-30H,8-9H2,1H3,(H,24,25,26)/t14-,18-,19+,20+/m1/s1. The predicted octanol–water partition coefficient (Wildman–Crippen LogP) is 1.94. The first-order chi connectivity index (χ1) is 15.4. The summed E-state index contributed by atoms with van der Waals surface area (Å²) in [4.78, 5) is 8.50. The summed E-state index contributed by atoms with van der Waals surface area (Å²) in [5.41, 5.74) is 1.27. The number of hydrogen-bond acceptors (Lipinski definition) is 9. The van der Waals surface area contributed by atoms with Gasteiger partial charge in [-0.1, -0.05) is 15.9 Å². The summed E-state index contributed by atoms with van der Waals surface area (Å²) in [6.07, 6.45) is -5.88. The third-order valence-corrected chi connectivity index (χ3v) is 5.29. The number of anilines is 2. The summed E-state index contributed by atoms with van der Waals surface area (Å²) >= 11 is 3.39. The number of fused-ring (bicyclic) bond motifs is 1. The smallest absolute Gasteiger partial charge is 0.164 e. The molecule has 0 aliphatic heterocycles. The van der Waals surface area contributed by atoms with Gasteiger partial charge in [-0.15, -0.1) is 0 Å². The van der Waals surface area contributed by atoms with Crippen LogP contribution in [-0.4, -0.2) is 75.2 Å². The molecular weight excluding hydrogens is 489 g/mol. The summed E-state index contributed by atoms with van der Waals surface area (Å²) in [6.45, 7) is -1.71. The van der Waals surface area contributed by atoms with Gasteiger partial charge in [0.05, 0.1) is 25.8 Å². The first-order valence-electron chi connectivity index (χ1n) is 9.61. The molecule has 0 radical (unpaired) electrons. The second kappa shape index (κ2) is 10.8. The lowest BCUT2D eigenvalue weighted by atomic mass is 10.0. The molecule has 5 N–H and O–H groups in total. The van der Waals surface area contributed by atoms with Gasteiger partial charge in [-0.25, -0.2) is 14.4 Å². The van der Waals surface area contributed by atoms with E-state index in [1.165, 1.54) is 19.5 Å². The van der Waals surface area contributed by atoms with E-state index in [0.717, 1.165) is 10.2 Å². The zero-order valence-electron chi connectivity index (χ0n) is 17.0. The highest BCUT2D eigenvalue weighted by Gasteiger charge is 2.34. The van der Waals surface area contributed by atoms with Gasteiger partial charge in [0.2, 0.25) is 0 Å². The van der Waals surface area contributed by atoms with Gasteiger partial charge >= 0.3 is 0 Å². The average Bonchev–Trinajstić information content (AvgIpc) is 2.82. The number of methoxy groups -OCH3 is 1. The summed E-state index contributed by atoms with van der Waals surface area (Å²) in [5.74, 6) is 0.864. The number of ether oxygens (including phenoxy) is 2. The molecule has 0 fully saturated rings. The molecule has 0 saturated carbocycles. The molecule has 0 saturated heterocycles. The fourth-order valence-corrected chi connectivity index (χ4v) is 3.27. The highest BCUT2D eigenvalue weighted by atomic mass is 79.9. The van der Waals surface area contributed by atoms with E-state index in [1.807, 2.05) is 24.3 Å². The Morgan fingerprint density at radius 1 is 1.03 bits per heavy atom. The number of nitrogens with zero attached hydrogens (tertiary/aromatic N) is 2. The lowest BCUT2D eigenvalue weighted by molar-refractivity contribution is -0.0981. The van der Waals surface area contributed by atoms with Crippen LogP contribution < -0.4 is 14.8 Å². The largest absolute Gasteiger partial charge is 0.493 e. The van der Waals surface area contributed by atoms with Gasteiger partial charge in [0, 0.05) is 21.6 Å². The van der Waals surface area contributed by atoms with Crippen LogP contribution in [-0.2, 0) is 0 Å². The summed E-state index contributed by atoms with van der Waals surface area (Å²) in [7, 11) is 1.40. The summed E-state index contributed by atoms with van der Waals surface area (Å²) in [6, 6.07) is 10.6. The monoisotopic (exact) mass is 511 g/mol. The SMILES string of the molecule is COc1cc2c(Nc3ccc(Br)cc3)ncnc2cc1O[C@H](CO)[C@H](O)[C@@H](O)[C@H](F)CO. The van der Waals surface area contributed by atoms with Gasteiger partial charge in [0.15, 0.2) is 23.8 Å². The van der Waals surface area contributed by atoms with Crippen molar-refractivity contribution in [1.82, 2.24) is 9.97 Å². The number of benzene rings is 2. The van der Waals surface area contributed by atoms with Crippen molar-refractivity contribution in [3.8, 4) is 11.5 Å². The Morgan fingerprint density at radius 3 is 2.38 bits per heavy atom. The van der Waals surface area contributed by atoms with E-state index in [2.05, 4.69) is 31.2 Å². The zero-order valence-corrected chi connectivity index (χ0v) is 18.6. The van der Waals surface area contributed by atoms with Gasteiger partial charge in [0.1, 0.15) is 24.4 Å². The Bertz CT molecular complexity index is 1040. The molecule has 0 bridgehead atoms. The molecule has 0 unspecified atom stereocenters. The Labute approximate surface area is 191 Å². The van der Waals surface area contributed by atoms with Crippen LogP contribution in [0.5, 0.6) is 11.5 Å². The molecule has 0 aliphatic rings. The molecule has 3 rings (SSSR count). The number of nitrogens with one attached hydrogen (secondary N) is 1. The minimum absolute atomic E-state index is 0.109. The summed E-state index contributed by atoms with van der Waals surface area (Å²) in [5, 5.41) is 42.3. The molecule has 1 aromatic heterocycles. The van der Waals surface area contributed by atoms with Crippen molar-refractivity contribution in [1.29, 1.82) is 0 Å². The highest BCUT2D eigenvalue weighted by molar-refractivity contribution is 9.10. The minimum atomic E-state index is -2.10. The van der Waals surface area contributed by atoms with Crippen molar-refractivity contribution in [2.24, 2.45) is 0 Å². The molecule has 9 nitrogen and oxygen atoms in total. The number of alkyl halides is 1. The molecule has 32 heavy (non-hydrogen) atoms. The third kappa shape index (κ3) is 5.43. The van der Waals surface area contributed by atoms with E-state index in [9.17, 15) is 19.7 Å². The first kappa shape index (κ1) is 24.1. The maximum Gasteiger partial charge on any atom is 0.164 e. The van der Waals surface area contributed by atoms with Crippen LogP contribution in [0.25, 0.3) is 10.9 Å². The maximum absolute atomic E-state index is 13.6. The molecular formula is C21H23BrFN3O6. The second-order valence-corrected chi connectivity index (χ2v) is 7.81. The number of aliphatic hydroxyl groups is 4. The van der Waals surface area contributed by atoms with Crippen LogP contribution in [0.3, 0.4) is 0 Å². The lowest BCUT2D eigenvalue weighted by Gasteiger charge is -2.28. The molecule has 0 spiro atoms. The van der Waals surface area contributed by atoms with E-state index in [4.69, 9.17) is 14.6 Å². The van der Waals surface area contributed by atoms with Gasteiger partial charge in [-0.3, -0.25) is 0 Å². The molecule has 1 heterocycles. The Hall–Kier alpha value is -2.57. The van der Waals surface area contributed by atoms with Crippen molar-refractivity contribution in [3.05, 3.63) is 47.2 Å². The van der Waals surface area contributed by atoms with Crippen molar-refractivity contribution < 1.29 is 34.3 Å². The van der Waals surface area contributed by atoms with Crippen LogP contribution in [0, 0.1) is 0 Å². The second-order valence-electron chi connectivity index (χ2n) is 6.89. The molecule has 2 aromatic carbocycles. The molecule has 172 valence electrons. The molecule has 0 aliphatic carbocycles. The van der Waals surface area contributed by atoms with Crippen molar-refractivity contribution in [2.45, 2.75) is 24.5 Å². The van der Waals surface area contributed by atoms with Gasteiger partial charge < -0.3 is 35.2 Å². The normalized spacial score (nSPS) is 15.1. The fraction of sp³-hybridized carbons (Fsp3) is 0.333. The number of halogens is 2.